The lowest BCUT2D eigenvalue weighted by Crippen LogP contribution is -2.34. The summed E-state index contributed by atoms with van der Waals surface area (Å²) in [7, 11) is 0. The fourth-order valence-corrected chi connectivity index (χ4v) is 3.71. The first-order chi connectivity index (χ1) is 11.5. The predicted molar refractivity (Wildman–Crippen MR) is 106 cm³/mol. The van der Waals surface area contributed by atoms with Gasteiger partial charge in [0.25, 0.3) is 5.91 Å². The van der Waals surface area contributed by atoms with E-state index in [9.17, 15) is 4.79 Å². The third-order valence-electron chi connectivity index (χ3n) is 4.76. The molecule has 1 aliphatic heterocycles. The van der Waals surface area contributed by atoms with Gasteiger partial charge in [0.15, 0.2) is 0 Å². The van der Waals surface area contributed by atoms with Crippen LogP contribution >= 0.6 is 28.3 Å². The molecule has 7 heteroatoms. The smallest absolute Gasteiger partial charge is 0.257 e. The van der Waals surface area contributed by atoms with E-state index in [1.165, 1.54) is 0 Å². The van der Waals surface area contributed by atoms with Crippen molar-refractivity contribution in [1.29, 1.82) is 0 Å². The first-order valence-corrected chi connectivity index (χ1v) is 9.18. The fraction of sp³-hybridized carbons (Fsp3) is 0.444. The van der Waals surface area contributed by atoms with Gasteiger partial charge < -0.3 is 10.6 Å². The maximum absolute atomic E-state index is 13.0. The highest BCUT2D eigenvalue weighted by molar-refractivity contribution is 9.10. The first-order valence-electron chi connectivity index (χ1n) is 8.39. The van der Waals surface area contributed by atoms with Gasteiger partial charge in [-0.05, 0) is 56.5 Å². The monoisotopic (exact) mass is 426 g/mol. The molecule has 0 aliphatic carbocycles. The summed E-state index contributed by atoms with van der Waals surface area (Å²) >= 11 is 3.45. The lowest BCUT2D eigenvalue weighted by molar-refractivity contribution is 0.0742. The Balaban J connectivity index is 0.00000225. The Hall–Kier alpha value is -1.37. The van der Waals surface area contributed by atoms with Gasteiger partial charge in [-0.3, -0.25) is 4.79 Å². The molecule has 0 saturated carbocycles. The Morgan fingerprint density at radius 1 is 1.36 bits per heavy atom. The van der Waals surface area contributed by atoms with Crippen molar-refractivity contribution >= 4 is 34.2 Å². The van der Waals surface area contributed by atoms with Gasteiger partial charge in [0.2, 0.25) is 0 Å². The van der Waals surface area contributed by atoms with E-state index in [2.05, 4.69) is 34.9 Å². The minimum atomic E-state index is 0. The van der Waals surface area contributed by atoms with Crippen LogP contribution in [0.15, 0.2) is 34.9 Å². The molecular weight excluding hydrogens is 404 g/mol. The number of nitrogens with two attached hydrogens (primary N) is 1. The Morgan fingerprint density at radius 2 is 2.04 bits per heavy atom. The van der Waals surface area contributed by atoms with Gasteiger partial charge in [-0.2, -0.15) is 5.10 Å². The molecule has 0 radical (unpaired) electrons. The second kappa shape index (κ2) is 8.34. The van der Waals surface area contributed by atoms with Crippen molar-refractivity contribution in [3.63, 3.8) is 0 Å². The zero-order chi connectivity index (χ0) is 17.3. The van der Waals surface area contributed by atoms with Gasteiger partial charge in [-0.15, -0.1) is 12.4 Å². The van der Waals surface area contributed by atoms with Crippen LogP contribution in [0.2, 0.25) is 0 Å². The number of likely N-dealkylation sites (tertiary alicyclic amines) is 1. The molecule has 2 aromatic rings. The normalized spacial score (nSPS) is 19.8. The molecule has 1 amide bonds. The molecule has 1 aromatic carbocycles. The molecule has 0 bridgehead atoms. The number of hydrogen-bond acceptors (Lipinski definition) is 3. The van der Waals surface area contributed by atoms with Crippen LogP contribution in [0.3, 0.4) is 0 Å². The molecule has 1 fully saturated rings. The van der Waals surface area contributed by atoms with E-state index >= 15 is 0 Å². The number of halogens is 2. The zero-order valence-electron chi connectivity index (χ0n) is 14.5. The maximum atomic E-state index is 13.0. The van der Waals surface area contributed by atoms with Crippen LogP contribution in [0.25, 0.3) is 5.69 Å². The van der Waals surface area contributed by atoms with E-state index in [4.69, 9.17) is 5.73 Å². The van der Waals surface area contributed by atoms with Crippen molar-refractivity contribution < 1.29 is 4.79 Å². The van der Waals surface area contributed by atoms with Crippen molar-refractivity contribution in [2.45, 2.75) is 32.7 Å². The maximum Gasteiger partial charge on any atom is 0.257 e. The highest BCUT2D eigenvalue weighted by Gasteiger charge is 2.33. The van der Waals surface area contributed by atoms with Crippen molar-refractivity contribution in [3.05, 3.63) is 46.2 Å². The molecule has 5 nitrogen and oxygen atoms in total. The van der Waals surface area contributed by atoms with Crippen LogP contribution in [-0.2, 0) is 6.42 Å². The van der Waals surface area contributed by atoms with Crippen LogP contribution < -0.4 is 5.73 Å². The predicted octanol–water partition coefficient (Wildman–Crippen LogP) is 3.43. The number of hydrogen-bond donors (Lipinski definition) is 1. The molecule has 1 aromatic heterocycles. The summed E-state index contributed by atoms with van der Waals surface area (Å²) in [5, 5.41) is 4.47. The van der Waals surface area contributed by atoms with Gasteiger partial charge >= 0.3 is 0 Å². The highest BCUT2D eigenvalue weighted by atomic mass is 79.9. The zero-order valence-corrected chi connectivity index (χ0v) is 16.9. The Labute approximate surface area is 163 Å². The standard InChI is InChI=1S/C18H23BrN4O.ClH/c1-3-17-16(18(24)22-11-13(9-20)8-12(22)2)10-21-23(17)15-6-4-14(19)5-7-15;/h4-7,10,12-13H,3,8-9,11,20H2,1-2H3;1H. The molecule has 2 unspecified atom stereocenters. The molecule has 2 heterocycles. The fourth-order valence-electron chi connectivity index (χ4n) is 3.45. The molecule has 25 heavy (non-hydrogen) atoms. The van der Waals surface area contributed by atoms with Crippen LogP contribution in [0.1, 0.15) is 36.3 Å². The van der Waals surface area contributed by atoms with E-state index in [1.54, 1.807) is 6.20 Å². The van der Waals surface area contributed by atoms with Crippen molar-refractivity contribution in [3.8, 4) is 5.69 Å². The number of amides is 1. The number of rotatable bonds is 4. The largest absolute Gasteiger partial charge is 0.335 e. The minimum absolute atomic E-state index is 0. The molecule has 1 saturated heterocycles. The second-order valence-electron chi connectivity index (χ2n) is 6.39. The van der Waals surface area contributed by atoms with Gasteiger partial charge in [0.05, 0.1) is 23.1 Å². The van der Waals surface area contributed by atoms with E-state index in [-0.39, 0.29) is 24.4 Å². The number of nitrogens with zero attached hydrogens (tertiary/aromatic N) is 3. The third-order valence-corrected chi connectivity index (χ3v) is 5.29. The molecular formula is C18H24BrClN4O. The summed E-state index contributed by atoms with van der Waals surface area (Å²) in [6.07, 6.45) is 3.43. The first kappa shape index (κ1) is 19.9. The summed E-state index contributed by atoms with van der Waals surface area (Å²) in [5.41, 5.74) is 8.40. The van der Waals surface area contributed by atoms with Gasteiger partial charge in [0.1, 0.15) is 0 Å². The Morgan fingerprint density at radius 3 is 2.60 bits per heavy atom. The quantitative estimate of drug-likeness (QED) is 0.813. The molecule has 2 N–H and O–H groups in total. The van der Waals surface area contributed by atoms with Crippen LogP contribution in [0, 0.1) is 5.92 Å². The topological polar surface area (TPSA) is 64.2 Å². The summed E-state index contributed by atoms with van der Waals surface area (Å²) in [6.45, 7) is 5.52. The Kier molecular flexibility index (Phi) is 6.65. The average Bonchev–Trinajstić information content (AvgIpc) is 3.18. The molecule has 3 rings (SSSR count). The summed E-state index contributed by atoms with van der Waals surface area (Å²) < 4.78 is 2.88. The second-order valence-corrected chi connectivity index (χ2v) is 7.31. The SMILES string of the molecule is CCc1c(C(=O)N2CC(CN)CC2C)cnn1-c1ccc(Br)cc1.Cl. The number of carbonyl (C=O) groups is 1. The summed E-state index contributed by atoms with van der Waals surface area (Å²) in [4.78, 5) is 15.0. The Bertz CT molecular complexity index is 731. The van der Waals surface area contributed by atoms with Crippen LogP contribution in [0.4, 0.5) is 0 Å². The number of benzene rings is 1. The van der Waals surface area contributed by atoms with Crippen LogP contribution in [-0.4, -0.2) is 39.7 Å². The van der Waals surface area contributed by atoms with Gasteiger partial charge in [-0.25, -0.2) is 4.68 Å². The minimum Gasteiger partial charge on any atom is -0.335 e. The van der Waals surface area contributed by atoms with Crippen molar-refractivity contribution in [1.82, 2.24) is 14.7 Å². The summed E-state index contributed by atoms with van der Waals surface area (Å²) in [5.74, 6) is 0.467. The lowest BCUT2D eigenvalue weighted by Gasteiger charge is -2.21. The molecule has 0 spiro atoms. The molecule has 1 aliphatic rings. The lowest BCUT2D eigenvalue weighted by atomic mass is 10.1. The van der Waals surface area contributed by atoms with Gasteiger partial charge in [-0.1, -0.05) is 22.9 Å². The number of aromatic nitrogens is 2. The van der Waals surface area contributed by atoms with E-state index in [1.807, 2.05) is 33.8 Å². The van der Waals surface area contributed by atoms with E-state index in [0.29, 0.717) is 18.0 Å². The van der Waals surface area contributed by atoms with E-state index in [0.717, 1.165) is 35.2 Å². The average molecular weight is 428 g/mol. The van der Waals surface area contributed by atoms with Crippen molar-refractivity contribution in [2.24, 2.45) is 11.7 Å². The molecule has 2 atom stereocenters. The third kappa shape index (κ3) is 3.91. The number of carbonyl (C=O) groups excluding carboxylic acids is 1. The molecule has 136 valence electrons. The highest BCUT2D eigenvalue weighted by Crippen LogP contribution is 2.26. The van der Waals surface area contributed by atoms with Crippen LogP contribution in [0.5, 0.6) is 0 Å². The van der Waals surface area contributed by atoms with E-state index < -0.39 is 0 Å². The van der Waals surface area contributed by atoms with Gasteiger partial charge in [0, 0.05) is 17.1 Å². The summed E-state index contributed by atoms with van der Waals surface area (Å²) in [6, 6.07) is 8.17. The van der Waals surface area contributed by atoms with Crippen molar-refractivity contribution in [2.75, 3.05) is 13.1 Å².